The maximum absolute atomic E-state index is 11.2. The highest BCUT2D eigenvalue weighted by Gasteiger charge is 2.20. The number of nitro groups is 1. The van der Waals surface area contributed by atoms with E-state index in [2.05, 4.69) is 15.3 Å². The molecule has 1 atom stereocenters. The molecule has 0 saturated heterocycles. The fourth-order valence-electron chi connectivity index (χ4n) is 1.00. The Balaban J connectivity index is 3.12. The summed E-state index contributed by atoms with van der Waals surface area (Å²) in [6.45, 7) is 3.78. The van der Waals surface area contributed by atoms with Crippen LogP contribution in [0.1, 0.15) is 20.3 Å². The Labute approximate surface area is 85.7 Å². The monoisotopic (exact) mass is 212 g/mol. The average molecular weight is 212 g/mol. The first-order valence-corrected chi connectivity index (χ1v) is 4.54. The maximum atomic E-state index is 11.2. The van der Waals surface area contributed by atoms with Crippen molar-refractivity contribution in [3.63, 3.8) is 0 Å². The molecular weight excluding hydrogens is 200 g/mol. The number of H-pyrrole nitrogens is 1. The second-order valence-corrected chi connectivity index (χ2v) is 3.14. The van der Waals surface area contributed by atoms with Crippen LogP contribution in [0.4, 0.5) is 11.5 Å². The van der Waals surface area contributed by atoms with Crippen LogP contribution in [0.3, 0.4) is 0 Å². The van der Waals surface area contributed by atoms with Crippen molar-refractivity contribution in [3.8, 4) is 0 Å². The molecule has 1 rings (SSSR count). The Hall–Kier alpha value is -1.92. The summed E-state index contributed by atoms with van der Waals surface area (Å²) in [5.41, 5.74) is -1.29. The van der Waals surface area contributed by atoms with Gasteiger partial charge in [-0.1, -0.05) is 6.92 Å². The molecule has 0 radical (unpaired) electrons. The Morgan fingerprint density at radius 3 is 2.93 bits per heavy atom. The molecular formula is C8H12N4O3. The maximum Gasteiger partial charge on any atom is 0.375 e. The number of nitrogens with zero attached hydrogens (tertiary/aromatic N) is 2. The normalized spacial score (nSPS) is 12.1. The summed E-state index contributed by atoms with van der Waals surface area (Å²) in [6.07, 6.45) is 1.92. The van der Waals surface area contributed by atoms with Gasteiger partial charge in [-0.05, 0) is 13.3 Å². The van der Waals surface area contributed by atoms with Crippen LogP contribution >= 0.6 is 0 Å². The van der Waals surface area contributed by atoms with Crippen LogP contribution in [0, 0.1) is 10.1 Å². The van der Waals surface area contributed by atoms with Gasteiger partial charge in [0, 0.05) is 6.04 Å². The third-order valence-electron chi connectivity index (χ3n) is 2.01. The summed E-state index contributed by atoms with van der Waals surface area (Å²) < 4.78 is 0. The molecule has 1 unspecified atom stereocenters. The van der Waals surface area contributed by atoms with E-state index < -0.39 is 16.2 Å². The lowest BCUT2D eigenvalue weighted by Gasteiger charge is -2.10. The van der Waals surface area contributed by atoms with Gasteiger partial charge in [0.25, 0.3) is 0 Å². The molecule has 1 aromatic heterocycles. The van der Waals surface area contributed by atoms with E-state index in [9.17, 15) is 14.9 Å². The summed E-state index contributed by atoms with van der Waals surface area (Å²) in [4.78, 5) is 27.0. The number of anilines is 1. The predicted octanol–water partition coefficient (Wildman–Crippen LogP) is 0.888. The highest BCUT2D eigenvalue weighted by Crippen LogP contribution is 2.16. The first-order chi connectivity index (χ1) is 7.06. The minimum Gasteiger partial charge on any atom is -0.362 e. The van der Waals surface area contributed by atoms with Gasteiger partial charge in [-0.25, -0.2) is 4.98 Å². The first-order valence-electron chi connectivity index (χ1n) is 4.54. The Kier molecular flexibility index (Phi) is 3.37. The standard InChI is InChI=1S/C8H12N4O3/c1-3-5(2)11-7-6(12(14)15)8(13)10-4-9-7/h4-5H,3H2,1-2H3,(H2,9,10,11,13). The summed E-state index contributed by atoms with van der Waals surface area (Å²) in [5, 5.41) is 13.4. The second kappa shape index (κ2) is 4.54. The molecule has 1 aromatic rings. The third kappa shape index (κ3) is 2.52. The van der Waals surface area contributed by atoms with E-state index in [-0.39, 0.29) is 11.9 Å². The van der Waals surface area contributed by atoms with Crippen molar-refractivity contribution >= 4 is 11.5 Å². The molecule has 0 aliphatic heterocycles. The molecule has 0 saturated carbocycles. The molecule has 0 fully saturated rings. The first kappa shape index (κ1) is 11.2. The van der Waals surface area contributed by atoms with E-state index in [1.807, 2.05) is 13.8 Å². The summed E-state index contributed by atoms with van der Waals surface area (Å²) in [6, 6.07) is 0.0259. The minimum absolute atomic E-state index is 0.0121. The van der Waals surface area contributed by atoms with Gasteiger partial charge in [0.2, 0.25) is 5.82 Å². The molecule has 7 heteroatoms. The lowest BCUT2D eigenvalue weighted by atomic mass is 10.2. The summed E-state index contributed by atoms with van der Waals surface area (Å²) in [5.74, 6) is 0.0121. The zero-order valence-corrected chi connectivity index (χ0v) is 8.48. The molecule has 0 spiro atoms. The van der Waals surface area contributed by atoms with Gasteiger partial charge in [0.15, 0.2) is 0 Å². The van der Waals surface area contributed by atoms with Gasteiger partial charge in [-0.2, -0.15) is 0 Å². The van der Waals surface area contributed by atoms with Gasteiger partial charge < -0.3 is 10.3 Å². The topological polar surface area (TPSA) is 101 Å². The van der Waals surface area contributed by atoms with Crippen molar-refractivity contribution in [3.05, 3.63) is 26.8 Å². The zero-order valence-electron chi connectivity index (χ0n) is 8.48. The molecule has 2 N–H and O–H groups in total. The zero-order chi connectivity index (χ0) is 11.4. The molecule has 1 heterocycles. The van der Waals surface area contributed by atoms with E-state index >= 15 is 0 Å². The van der Waals surface area contributed by atoms with Crippen molar-refractivity contribution in [1.82, 2.24) is 9.97 Å². The van der Waals surface area contributed by atoms with Crippen LogP contribution in [0.2, 0.25) is 0 Å². The number of aromatic amines is 1. The van der Waals surface area contributed by atoms with Crippen LogP contribution in [0.25, 0.3) is 0 Å². The fraction of sp³-hybridized carbons (Fsp3) is 0.500. The molecule has 82 valence electrons. The fourth-order valence-corrected chi connectivity index (χ4v) is 1.00. The summed E-state index contributed by atoms with van der Waals surface area (Å²) >= 11 is 0. The van der Waals surface area contributed by atoms with E-state index in [4.69, 9.17) is 0 Å². The van der Waals surface area contributed by atoms with Crippen molar-refractivity contribution in [2.75, 3.05) is 5.32 Å². The lowest BCUT2D eigenvalue weighted by Crippen LogP contribution is -2.20. The number of hydrogen-bond acceptors (Lipinski definition) is 5. The van der Waals surface area contributed by atoms with Crippen molar-refractivity contribution in [2.24, 2.45) is 0 Å². The highest BCUT2D eigenvalue weighted by molar-refractivity contribution is 5.53. The summed E-state index contributed by atoms with van der Waals surface area (Å²) in [7, 11) is 0. The SMILES string of the molecule is CCC(C)Nc1nc[nH]c(=O)c1[N+](=O)[O-]. The Morgan fingerprint density at radius 2 is 2.40 bits per heavy atom. The second-order valence-electron chi connectivity index (χ2n) is 3.14. The largest absolute Gasteiger partial charge is 0.375 e. The highest BCUT2D eigenvalue weighted by atomic mass is 16.6. The number of hydrogen-bond donors (Lipinski definition) is 2. The van der Waals surface area contributed by atoms with Crippen LogP contribution in [-0.2, 0) is 0 Å². The van der Waals surface area contributed by atoms with Crippen LogP contribution < -0.4 is 10.9 Å². The molecule has 15 heavy (non-hydrogen) atoms. The van der Waals surface area contributed by atoms with Crippen LogP contribution in [-0.4, -0.2) is 20.9 Å². The smallest absolute Gasteiger partial charge is 0.362 e. The number of aromatic nitrogens is 2. The van der Waals surface area contributed by atoms with E-state index in [0.29, 0.717) is 0 Å². The van der Waals surface area contributed by atoms with Crippen molar-refractivity contribution in [1.29, 1.82) is 0 Å². The Bertz CT molecular complexity index is 415. The minimum atomic E-state index is -0.749. The van der Waals surface area contributed by atoms with Crippen LogP contribution in [0.15, 0.2) is 11.1 Å². The Morgan fingerprint density at radius 1 is 1.73 bits per heavy atom. The van der Waals surface area contributed by atoms with Gasteiger partial charge in [-0.3, -0.25) is 14.9 Å². The average Bonchev–Trinajstić information content (AvgIpc) is 2.17. The van der Waals surface area contributed by atoms with Gasteiger partial charge in [0.05, 0.1) is 11.3 Å². The molecule has 0 aliphatic carbocycles. The van der Waals surface area contributed by atoms with Crippen molar-refractivity contribution in [2.45, 2.75) is 26.3 Å². The van der Waals surface area contributed by atoms with E-state index in [1.54, 1.807) is 0 Å². The van der Waals surface area contributed by atoms with Gasteiger partial charge >= 0.3 is 11.2 Å². The molecule has 0 amide bonds. The molecule has 0 aromatic carbocycles. The van der Waals surface area contributed by atoms with Crippen molar-refractivity contribution < 1.29 is 4.92 Å². The third-order valence-corrected chi connectivity index (χ3v) is 2.01. The van der Waals surface area contributed by atoms with E-state index in [1.165, 1.54) is 0 Å². The molecule has 7 nitrogen and oxygen atoms in total. The van der Waals surface area contributed by atoms with Gasteiger partial charge in [-0.15, -0.1) is 0 Å². The lowest BCUT2D eigenvalue weighted by molar-refractivity contribution is -0.385. The van der Waals surface area contributed by atoms with Gasteiger partial charge in [0.1, 0.15) is 0 Å². The van der Waals surface area contributed by atoms with Crippen LogP contribution in [0.5, 0.6) is 0 Å². The van der Waals surface area contributed by atoms with E-state index in [0.717, 1.165) is 12.7 Å². The molecule has 0 aliphatic rings. The quantitative estimate of drug-likeness (QED) is 0.570. The predicted molar refractivity (Wildman–Crippen MR) is 54.9 cm³/mol. The number of rotatable bonds is 4. The molecule has 0 bridgehead atoms. The number of nitrogens with one attached hydrogen (secondary N) is 2.